The molecule has 0 radical (unpaired) electrons. The number of hydrogen-bond donors (Lipinski definition) is 1. The average Bonchev–Trinajstić information content (AvgIpc) is 2.91. The molecule has 0 unspecified atom stereocenters. The fourth-order valence-corrected chi connectivity index (χ4v) is 6.11. The summed E-state index contributed by atoms with van der Waals surface area (Å²) in [7, 11) is -4.02. The molecule has 5 aromatic rings. The van der Waals surface area contributed by atoms with Crippen LogP contribution in [0.3, 0.4) is 0 Å². The van der Waals surface area contributed by atoms with Crippen molar-refractivity contribution in [1.29, 1.82) is 0 Å². The summed E-state index contributed by atoms with van der Waals surface area (Å²) >= 11 is 3.39. The van der Waals surface area contributed by atoms with Crippen molar-refractivity contribution in [2.45, 2.75) is 11.8 Å². The molecule has 0 saturated heterocycles. The smallest absolute Gasteiger partial charge is 0.264 e. The van der Waals surface area contributed by atoms with E-state index in [1.165, 1.54) is 12.1 Å². The van der Waals surface area contributed by atoms with Gasteiger partial charge < -0.3 is 0 Å². The number of aryl methyl sites for hydroxylation is 1. The lowest BCUT2D eigenvalue weighted by Gasteiger charge is -2.24. The van der Waals surface area contributed by atoms with Crippen molar-refractivity contribution in [2.24, 2.45) is 5.10 Å². The zero-order valence-electron chi connectivity index (χ0n) is 20.5. The van der Waals surface area contributed by atoms with Gasteiger partial charge in [0.2, 0.25) is 0 Å². The van der Waals surface area contributed by atoms with Gasteiger partial charge in [0.15, 0.2) is 0 Å². The number of nitrogens with one attached hydrogen (secondary N) is 1. The van der Waals surface area contributed by atoms with Gasteiger partial charge in [-0.2, -0.15) is 5.10 Å². The van der Waals surface area contributed by atoms with E-state index in [9.17, 15) is 13.2 Å². The van der Waals surface area contributed by atoms with Crippen LogP contribution in [0.25, 0.3) is 21.5 Å². The molecule has 5 aromatic carbocycles. The molecule has 0 saturated carbocycles. The average molecular weight is 587 g/mol. The van der Waals surface area contributed by atoms with Crippen LogP contribution in [-0.4, -0.2) is 27.1 Å². The number of sulfonamides is 1. The van der Waals surface area contributed by atoms with Gasteiger partial charge in [-0.15, -0.1) is 0 Å². The van der Waals surface area contributed by atoms with E-state index in [1.54, 1.807) is 42.6 Å². The second kappa shape index (κ2) is 10.8. The molecule has 1 amide bonds. The number of carbonyl (C=O) groups is 1. The molecule has 8 heteroatoms. The van der Waals surface area contributed by atoms with Crippen LogP contribution in [0, 0.1) is 6.92 Å². The van der Waals surface area contributed by atoms with Crippen molar-refractivity contribution in [1.82, 2.24) is 5.43 Å². The summed E-state index contributed by atoms with van der Waals surface area (Å²) in [6.45, 7) is 1.44. The normalized spacial score (nSPS) is 11.7. The predicted molar refractivity (Wildman–Crippen MR) is 157 cm³/mol. The van der Waals surface area contributed by atoms with Crippen molar-refractivity contribution in [2.75, 3.05) is 10.8 Å². The number of rotatable bonds is 7. The Bertz CT molecular complexity index is 1730. The highest BCUT2D eigenvalue weighted by Crippen LogP contribution is 2.28. The van der Waals surface area contributed by atoms with E-state index in [2.05, 4.69) is 32.5 Å². The Hall–Kier alpha value is -4.01. The molecular weight excluding hydrogens is 562 g/mol. The standard InChI is InChI=1S/C30H24BrN3O3S/c1-21-13-15-26(16-14-21)38(36,37)34(25-10-6-9-24(31)18-25)20-30(35)33-32-19-29-27-11-4-2-7-22(27)17-23-8-3-5-12-28(23)29/h2-19H,20H2,1H3,(H,33,35)/b32-19-. The molecule has 0 spiro atoms. The van der Waals surface area contributed by atoms with Crippen molar-refractivity contribution < 1.29 is 13.2 Å². The summed E-state index contributed by atoms with van der Waals surface area (Å²) in [5.74, 6) is -0.568. The van der Waals surface area contributed by atoms with Gasteiger partial charge in [0, 0.05) is 10.0 Å². The highest BCUT2D eigenvalue weighted by molar-refractivity contribution is 9.10. The topological polar surface area (TPSA) is 78.8 Å². The molecule has 6 nitrogen and oxygen atoms in total. The molecule has 0 aliphatic rings. The SMILES string of the molecule is Cc1ccc(S(=O)(=O)N(CC(=O)N/N=C\c2c3ccccc3cc3ccccc23)c2cccc(Br)c2)cc1. The van der Waals surface area contributed by atoms with Crippen molar-refractivity contribution in [3.63, 3.8) is 0 Å². The fraction of sp³-hybridized carbons (Fsp3) is 0.0667. The minimum atomic E-state index is -4.02. The van der Waals surface area contributed by atoms with Crippen LogP contribution in [0.1, 0.15) is 11.1 Å². The van der Waals surface area contributed by atoms with Crippen molar-refractivity contribution in [3.05, 3.63) is 119 Å². The Balaban J connectivity index is 1.45. The van der Waals surface area contributed by atoms with Gasteiger partial charge in [-0.1, -0.05) is 88.2 Å². The first kappa shape index (κ1) is 25.6. The molecular formula is C30H24BrN3O3S. The van der Waals surface area contributed by atoms with Gasteiger partial charge in [-0.05, 0) is 64.9 Å². The number of anilines is 1. The van der Waals surface area contributed by atoms with E-state index in [0.29, 0.717) is 10.2 Å². The quantitative estimate of drug-likeness (QED) is 0.136. The predicted octanol–water partition coefficient (Wildman–Crippen LogP) is 6.41. The third-order valence-electron chi connectivity index (χ3n) is 6.19. The molecule has 0 atom stereocenters. The maximum Gasteiger partial charge on any atom is 0.264 e. The number of hydrazone groups is 1. The molecule has 0 fully saturated rings. The van der Waals surface area contributed by atoms with Crippen LogP contribution in [-0.2, 0) is 14.8 Å². The van der Waals surface area contributed by atoms with Crippen LogP contribution in [0.4, 0.5) is 5.69 Å². The van der Waals surface area contributed by atoms with Gasteiger partial charge in [0.05, 0.1) is 16.8 Å². The molecule has 0 bridgehead atoms. The Morgan fingerprint density at radius 2 is 1.50 bits per heavy atom. The first-order chi connectivity index (χ1) is 18.3. The second-order valence-corrected chi connectivity index (χ2v) is 11.6. The van der Waals surface area contributed by atoms with E-state index in [1.807, 2.05) is 55.5 Å². The number of carbonyl (C=O) groups excluding carboxylic acids is 1. The Morgan fingerprint density at radius 1 is 0.868 bits per heavy atom. The van der Waals surface area contributed by atoms with E-state index < -0.39 is 22.5 Å². The van der Waals surface area contributed by atoms with Gasteiger partial charge in [0.1, 0.15) is 6.54 Å². The number of fused-ring (bicyclic) bond motifs is 2. The first-order valence-electron chi connectivity index (χ1n) is 11.9. The van der Waals surface area contributed by atoms with E-state index in [4.69, 9.17) is 0 Å². The van der Waals surface area contributed by atoms with Crippen LogP contribution in [0.5, 0.6) is 0 Å². The zero-order chi connectivity index (χ0) is 26.7. The van der Waals surface area contributed by atoms with E-state index in [0.717, 1.165) is 37.0 Å². The Kier molecular flexibility index (Phi) is 7.26. The number of halogens is 1. The summed E-state index contributed by atoms with van der Waals surface area (Å²) in [6.07, 6.45) is 1.61. The molecule has 0 heterocycles. The zero-order valence-corrected chi connectivity index (χ0v) is 22.9. The fourth-order valence-electron chi connectivity index (χ4n) is 4.31. The lowest BCUT2D eigenvalue weighted by atomic mass is 9.97. The van der Waals surface area contributed by atoms with Crippen molar-refractivity contribution in [3.8, 4) is 0 Å². The maximum atomic E-state index is 13.6. The number of amides is 1. The first-order valence-corrected chi connectivity index (χ1v) is 14.1. The monoisotopic (exact) mass is 585 g/mol. The van der Waals surface area contributed by atoms with E-state index >= 15 is 0 Å². The largest absolute Gasteiger partial charge is 0.271 e. The van der Waals surface area contributed by atoms with Gasteiger partial charge in [-0.3, -0.25) is 9.10 Å². The molecule has 0 aromatic heterocycles. The minimum absolute atomic E-state index is 0.0987. The van der Waals surface area contributed by atoms with Crippen molar-refractivity contribution >= 4 is 65.3 Å². The molecule has 38 heavy (non-hydrogen) atoms. The number of benzene rings is 5. The maximum absolute atomic E-state index is 13.6. The van der Waals surface area contributed by atoms with Crippen LogP contribution < -0.4 is 9.73 Å². The highest BCUT2D eigenvalue weighted by atomic mass is 79.9. The summed E-state index contributed by atoms with van der Waals surface area (Å²) in [5, 5.41) is 8.34. The summed E-state index contributed by atoms with van der Waals surface area (Å²) in [4.78, 5) is 13.1. The van der Waals surface area contributed by atoms with Gasteiger partial charge in [0.25, 0.3) is 15.9 Å². The molecule has 5 rings (SSSR count). The summed E-state index contributed by atoms with van der Waals surface area (Å²) < 4.78 is 28.9. The Labute approximate surface area is 229 Å². The minimum Gasteiger partial charge on any atom is -0.271 e. The van der Waals surface area contributed by atoms with Gasteiger partial charge >= 0.3 is 0 Å². The third kappa shape index (κ3) is 5.32. The number of hydrogen-bond acceptors (Lipinski definition) is 4. The summed E-state index contributed by atoms with van der Waals surface area (Å²) in [5.41, 5.74) is 4.69. The van der Waals surface area contributed by atoms with E-state index in [-0.39, 0.29) is 4.90 Å². The third-order valence-corrected chi connectivity index (χ3v) is 8.47. The Morgan fingerprint density at radius 3 is 2.13 bits per heavy atom. The summed E-state index contributed by atoms with van der Waals surface area (Å²) in [6, 6.07) is 31.4. The van der Waals surface area contributed by atoms with Crippen LogP contribution in [0.15, 0.2) is 118 Å². The van der Waals surface area contributed by atoms with Crippen LogP contribution in [0.2, 0.25) is 0 Å². The van der Waals surface area contributed by atoms with Crippen LogP contribution >= 0.6 is 15.9 Å². The number of nitrogens with zero attached hydrogens (tertiary/aromatic N) is 2. The molecule has 1 N–H and O–H groups in total. The lowest BCUT2D eigenvalue weighted by Crippen LogP contribution is -2.39. The molecule has 0 aliphatic carbocycles. The highest BCUT2D eigenvalue weighted by Gasteiger charge is 2.27. The molecule has 190 valence electrons. The van der Waals surface area contributed by atoms with Gasteiger partial charge in [-0.25, -0.2) is 13.8 Å². The second-order valence-electron chi connectivity index (χ2n) is 8.83. The molecule has 0 aliphatic heterocycles. The lowest BCUT2D eigenvalue weighted by molar-refractivity contribution is -0.119.